The van der Waals surface area contributed by atoms with Crippen LogP contribution in [-0.4, -0.2) is 5.91 Å². The van der Waals surface area contributed by atoms with Crippen LogP contribution in [0, 0.1) is 5.82 Å². The Hall–Kier alpha value is -1.39. The van der Waals surface area contributed by atoms with Crippen LogP contribution in [0.1, 0.15) is 17.5 Å². The Kier molecular flexibility index (Phi) is 5.76. The third-order valence-corrected chi connectivity index (χ3v) is 3.92. The number of hydrogen-bond acceptors (Lipinski definition) is 1. The first-order valence-corrected chi connectivity index (χ1v) is 7.67. The fourth-order valence-electron chi connectivity index (χ4n) is 1.90. The molecule has 0 spiro atoms. The van der Waals surface area contributed by atoms with Crippen LogP contribution in [0.3, 0.4) is 0 Å². The maximum atomic E-state index is 13.4. The Bertz CT molecular complexity index is 648. The van der Waals surface area contributed by atoms with Gasteiger partial charge in [-0.15, -0.1) is 0 Å². The van der Waals surface area contributed by atoms with Gasteiger partial charge >= 0.3 is 0 Å². The smallest absolute Gasteiger partial charge is 0.220 e. The number of benzene rings is 2. The summed E-state index contributed by atoms with van der Waals surface area (Å²) in [5.74, 6) is -0.404. The van der Waals surface area contributed by atoms with E-state index in [2.05, 4.69) is 21.2 Å². The molecule has 0 atom stereocenters. The predicted molar refractivity (Wildman–Crippen MR) is 85.7 cm³/mol. The minimum Gasteiger partial charge on any atom is -0.352 e. The number of hydrogen-bond donors (Lipinski definition) is 1. The van der Waals surface area contributed by atoms with Crippen LogP contribution in [0.15, 0.2) is 46.9 Å². The van der Waals surface area contributed by atoms with Crippen molar-refractivity contribution in [2.75, 3.05) is 0 Å². The van der Waals surface area contributed by atoms with Gasteiger partial charge in [-0.25, -0.2) is 4.39 Å². The van der Waals surface area contributed by atoms with Crippen molar-refractivity contribution in [2.45, 2.75) is 19.4 Å². The van der Waals surface area contributed by atoms with E-state index in [4.69, 9.17) is 11.6 Å². The number of carbonyl (C=O) groups excluding carboxylic acids is 1. The normalized spacial score (nSPS) is 10.4. The van der Waals surface area contributed by atoms with Crippen molar-refractivity contribution >= 4 is 33.4 Å². The standard InChI is InChI=1S/C16H14BrClFNO/c17-13-7-5-12(14(18)9-13)10-20-16(21)8-6-11-3-1-2-4-15(11)19/h1-5,7,9H,6,8,10H2,(H,20,21). The van der Waals surface area contributed by atoms with Crippen molar-refractivity contribution < 1.29 is 9.18 Å². The first kappa shape index (κ1) is 16.0. The molecule has 0 aromatic heterocycles. The minimum atomic E-state index is -0.277. The monoisotopic (exact) mass is 369 g/mol. The van der Waals surface area contributed by atoms with Crippen LogP contribution < -0.4 is 5.32 Å². The van der Waals surface area contributed by atoms with E-state index < -0.39 is 0 Å². The summed E-state index contributed by atoms with van der Waals surface area (Å²) in [6.45, 7) is 0.363. The molecular weight excluding hydrogens is 357 g/mol. The molecule has 21 heavy (non-hydrogen) atoms. The highest BCUT2D eigenvalue weighted by Crippen LogP contribution is 2.21. The summed E-state index contributed by atoms with van der Waals surface area (Å²) in [5.41, 5.74) is 1.40. The summed E-state index contributed by atoms with van der Waals surface area (Å²) >= 11 is 9.40. The molecule has 2 nitrogen and oxygen atoms in total. The Balaban J connectivity index is 1.84. The number of rotatable bonds is 5. The van der Waals surface area contributed by atoms with Gasteiger partial charge in [0.1, 0.15) is 5.82 Å². The molecule has 0 aliphatic carbocycles. The molecule has 0 bridgehead atoms. The largest absolute Gasteiger partial charge is 0.352 e. The van der Waals surface area contributed by atoms with Crippen molar-refractivity contribution in [1.29, 1.82) is 0 Å². The first-order chi connectivity index (χ1) is 10.1. The van der Waals surface area contributed by atoms with E-state index in [0.717, 1.165) is 10.0 Å². The Morgan fingerprint density at radius 3 is 2.67 bits per heavy atom. The second kappa shape index (κ2) is 7.57. The average molecular weight is 371 g/mol. The summed E-state index contributed by atoms with van der Waals surface area (Å²) < 4.78 is 14.3. The third kappa shape index (κ3) is 4.83. The summed E-state index contributed by atoms with van der Waals surface area (Å²) in [4.78, 5) is 11.8. The lowest BCUT2D eigenvalue weighted by Gasteiger charge is -2.08. The maximum absolute atomic E-state index is 13.4. The number of halogens is 3. The van der Waals surface area contributed by atoms with Crippen LogP contribution >= 0.6 is 27.5 Å². The Morgan fingerprint density at radius 1 is 1.19 bits per heavy atom. The van der Waals surface area contributed by atoms with Gasteiger partial charge in [-0.2, -0.15) is 0 Å². The molecule has 0 saturated heterocycles. The number of nitrogens with one attached hydrogen (secondary N) is 1. The second-order valence-corrected chi connectivity index (χ2v) is 5.93. The molecule has 5 heteroatoms. The molecule has 2 aromatic carbocycles. The lowest BCUT2D eigenvalue weighted by molar-refractivity contribution is -0.121. The second-order valence-electron chi connectivity index (χ2n) is 4.60. The zero-order valence-corrected chi connectivity index (χ0v) is 13.5. The molecule has 0 heterocycles. The fourth-order valence-corrected chi connectivity index (χ4v) is 2.64. The van der Waals surface area contributed by atoms with Gasteiger partial charge in [-0.05, 0) is 35.7 Å². The predicted octanol–water partition coefficient (Wildman–Crippen LogP) is 4.49. The highest BCUT2D eigenvalue weighted by molar-refractivity contribution is 9.10. The number of carbonyl (C=O) groups is 1. The zero-order chi connectivity index (χ0) is 15.2. The van der Waals surface area contributed by atoms with E-state index in [1.165, 1.54) is 6.07 Å². The van der Waals surface area contributed by atoms with E-state index in [-0.39, 0.29) is 18.1 Å². The molecule has 1 amide bonds. The third-order valence-electron chi connectivity index (χ3n) is 3.07. The summed E-state index contributed by atoms with van der Waals surface area (Å²) in [7, 11) is 0. The van der Waals surface area contributed by atoms with Crippen molar-refractivity contribution in [2.24, 2.45) is 0 Å². The summed E-state index contributed by atoms with van der Waals surface area (Å²) in [6, 6.07) is 12.0. The number of aryl methyl sites for hydroxylation is 1. The van der Waals surface area contributed by atoms with Crippen molar-refractivity contribution in [3.05, 3.63) is 68.9 Å². The quantitative estimate of drug-likeness (QED) is 0.825. The average Bonchev–Trinajstić information content (AvgIpc) is 2.45. The highest BCUT2D eigenvalue weighted by Gasteiger charge is 2.07. The van der Waals surface area contributed by atoms with Gasteiger partial charge < -0.3 is 5.32 Å². The maximum Gasteiger partial charge on any atom is 0.220 e. The highest BCUT2D eigenvalue weighted by atomic mass is 79.9. The zero-order valence-electron chi connectivity index (χ0n) is 11.2. The van der Waals surface area contributed by atoms with E-state index >= 15 is 0 Å². The lowest BCUT2D eigenvalue weighted by atomic mass is 10.1. The van der Waals surface area contributed by atoms with Gasteiger partial charge in [-0.1, -0.05) is 51.8 Å². The molecule has 2 rings (SSSR count). The van der Waals surface area contributed by atoms with Gasteiger partial charge in [0.2, 0.25) is 5.91 Å². The summed E-state index contributed by atoms with van der Waals surface area (Å²) in [5, 5.41) is 3.38. The van der Waals surface area contributed by atoms with E-state index in [0.29, 0.717) is 23.6 Å². The van der Waals surface area contributed by atoms with E-state index in [1.807, 2.05) is 12.1 Å². The summed E-state index contributed by atoms with van der Waals surface area (Å²) in [6.07, 6.45) is 0.627. The van der Waals surface area contributed by atoms with E-state index in [1.54, 1.807) is 24.3 Å². The first-order valence-electron chi connectivity index (χ1n) is 6.50. The molecule has 0 saturated carbocycles. The van der Waals surface area contributed by atoms with Crippen LogP contribution in [0.4, 0.5) is 4.39 Å². The van der Waals surface area contributed by atoms with Gasteiger partial charge in [0, 0.05) is 22.5 Å². The van der Waals surface area contributed by atoms with Crippen LogP contribution in [-0.2, 0) is 17.8 Å². The van der Waals surface area contributed by atoms with Crippen LogP contribution in [0.25, 0.3) is 0 Å². The van der Waals surface area contributed by atoms with Crippen molar-refractivity contribution in [3.63, 3.8) is 0 Å². The molecule has 0 aliphatic heterocycles. The molecule has 2 aromatic rings. The van der Waals surface area contributed by atoms with Crippen molar-refractivity contribution in [1.82, 2.24) is 5.32 Å². The van der Waals surface area contributed by atoms with E-state index in [9.17, 15) is 9.18 Å². The van der Waals surface area contributed by atoms with Crippen molar-refractivity contribution in [3.8, 4) is 0 Å². The topological polar surface area (TPSA) is 29.1 Å². The van der Waals surface area contributed by atoms with Crippen LogP contribution in [0.2, 0.25) is 5.02 Å². The molecule has 0 radical (unpaired) electrons. The molecular formula is C16H14BrClFNO. The Labute approximate surface area is 136 Å². The molecule has 110 valence electrons. The van der Waals surface area contributed by atoms with Gasteiger partial charge in [0.05, 0.1) is 0 Å². The molecule has 0 unspecified atom stereocenters. The lowest BCUT2D eigenvalue weighted by Crippen LogP contribution is -2.23. The van der Waals surface area contributed by atoms with Gasteiger partial charge in [0.15, 0.2) is 0 Å². The number of amides is 1. The van der Waals surface area contributed by atoms with Gasteiger partial charge in [-0.3, -0.25) is 4.79 Å². The Morgan fingerprint density at radius 2 is 1.95 bits per heavy atom. The SMILES string of the molecule is O=C(CCc1ccccc1F)NCc1ccc(Br)cc1Cl. The van der Waals surface area contributed by atoms with Gasteiger partial charge in [0.25, 0.3) is 0 Å². The van der Waals surface area contributed by atoms with Crippen LogP contribution in [0.5, 0.6) is 0 Å². The molecule has 0 aliphatic rings. The molecule has 1 N–H and O–H groups in total. The fraction of sp³-hybridized carbons (Fsp3) is 0.188. The molecule has 0 fully saturated rings. The minimum absolute atomic E-state index is 0.128.